The first kappa shape index (κ1) is 24.2. The van der Waals surface area contributed by atoms with Gasteiger partial charge in [0, 0.05) is 31.3 Å². The molecule has 1 atom stereocenters. The summed E-state index contributed by atoms with van der Waals surface area (Å²) in [6, 6.07) is 10.7. The van der Waals surface area contributed by atoms with E-state index in [0.717, 1.165) is 11.3 Å². The number of aliphatic carboxylic acids is 2. The highest BCUT2D eigenvalue weighted by Crippen LogP contribution is 2.19. The molecule has 0 radical (unpaired) electrons. The molecule has 0 unspecified atom stereocenters. The zero-order chi connectivity index (χ0) is 24.8. The number of anilines is 1. The van der Waals surface area contributed by atoms with Crippen molar-refractivity contribution in [2.45, 2.75) is 25.4 Å². The third-order valence-electron chi connectivity index (χ3n) is 5.18. The molecule has 1 heterocycles. The Morgan fingerprint density at radius 3 is 2.47 bits per heavy atom. The average Bonchev–Trinajstić information content (AvgIpc) is 2.81. The Bertz CT molecular complexity index is 1270. The lowest BCUT2D eigenvalue weighted by Gasteiger charge is -2.20. The standard InChI is InChI=1S/C23H24N4O7/c1-27(12-13-3-8-17-16(11-13)21(31)26-23(25-17)34-2)15-6-4-14(5-7-15)20(30)24-18(22(32)33)9-10-19(28)29/h3-8,11,18H,9-10,12H2,1-2H3,(H,24,30)(H,28,29)(H,32,33)(H,25,26,31)/t18-/m0/s1. The number of nitrogens with one attached hydrogen (secondary N) is 2. The van der Waals surface area contributed by atoms with Crippen molar-refractivity contribution in [3.8, 4) is 6.01 Å². The van der Waals surface area contributed by atoms with Crippen LogP contribution < -0.4 is 20.5 Å². The van der Waals surface area contributed by atoms with Gasteiger partial charge in [0.05, 0.1) is 18.0 Å². The van der Waals surface area contributed by atoms with Crippen LogP contribution in [0.25, 0.3) is 10.9 Å². The first-order chi connectivity index (χ1) is 16.2. The SMILES string of the molecule is COc1nc2ccc(CN(C)c3ccc(C(=O)N[C@@H](CCC(=O)O)C(=O)O)cc3)cc2c(=O)[nH]1. The summed E-state index contributed by atoms with van der Waals surface area (Å²) < 4.78 is 4.98. The summed E-state index contributed by atoms with van der Waals surface area (Å²) in [7, 11) is 3.27. The quantitative estimate of drug-likeness (QED) is 0.346. The molecule has 1 aromatic heterocycles. The van der Waals surface area contributed by atoms with Crippen LogP contribution in [0, 0.1) is 0 Å². The predicted octanol–water partition coefficient (Wildman–Crippen LogP) is 1.62. The first-order valence-electron chi connectivity index (χ1n) is 10.3. The Labute approximate surface area is 194 Å². The molecular formula is C23H24N4O7. The minimum atomic E-state index is -1.30. The van der Waals surface area contributed by atoms with Gasteiger partial charge < -0.3 is 25.2 Å². The Balaban J connectivity index is 1.68. The highest BCUT2D eigenvalue weighted by atomic mass is 16.5. The van der Waals surface area contributed by atoms with E-state index < -0.39 is 23.9 Å². The maximum atomic E-state index is 12.4. The van der Waals surface area contributed by atoms with Crippen LogP contribution in [0.2, 0.25) is 0 Å². The molecule has 0 bridgehead atoms. The monoisotopic (exact) mass is 468 g/mol. The van der Waals surface area contributed by atoms with Crippen molar-refractivity contribution in [1.82, 2.24) is 15.3 Å². The summed E-state index contributed by atoms with van der Waals surface area (Å²) in [4.78, 5) is 55.3. The van der Waals surface area contributed by atoms with Gasteiger partial charge in [-0.25, -0.2) is 4.79 Å². The third-order valence-corrected chi connectivity index (χ3v) is 5.18. The topological polar surface area (TPSA) is 162 Å². The molecule has 0 fully saturated rings. The second-order valence-electron chi connectivity index (χ2n) is 7.63. The van der Waals surface area contributed by atoms with Gasteiger partial charge in [-0.05, 0) is 48.4 Å². The number of methoxy groups -OCH3 is 1. The molecule has 11 heteroatoms. The molecule has 3 rings (SSSR count). The van der Waals surface area contributed by atoms with Gasteiger partial charge in [-0.2, -0.15) is 4.98 Å². The fraction of sp³-hybridized carbons (Fsp3) is 0.261. The number of ether oxygens (including phenoxy) is 1. The molecule has 178 valence electrons. The Hall–Kier alpha value is -4.41. The number of H-pyrrole nitrogens is 1. The molecule has 4 N–H and O–H groups in total. The summed E-state index contributed by atoms with van der Waals surface area (Å²) in [6.07, 6.45) is -0.584. The van der Waals surface area contributed by atoms with Crippen molar-refractivity contribution in [2.75, 3.05) is 19.1 Å². The molecule has 2 aromatic carbocycles. The molecule has 1 amide bonds. The van der Waals surface area contributed by atoms with E-state index in [9.17, 15) is 24.3 Å². The number of carbonyl (C=O) groups excluding carboxylic acids is 1. The van der Waals surface area contributed by atoms with Crippen LogP contribution in [-0.2, 0) is 16.1 Å². The smallest absolute Gasteiger partial charge is 0.326 e. The van der Waals surface area contributed by atoms with Crippen molar-refractivity contribution in [1.29, 1.82) is 0 Å². The maximum absolute atomic E-state index is 12.4. The number of benzene rings is 2. The van der Waals surface area contributed by atoms with Crippen LogP contribution in [0.4, 0.5) is 5.69 Å². The van der Waals surface area contributed by atoms with E-state index in [-0.39, 0.29) is 30.0 Å². The zero-order valence-electron chi connectivity index (χ0n) is 18.6. The van der Waals surface area contributed by atoms with Crippen molar-refractivity contribution >= 4 is 34.4 Å². The third kappa shape index (κ3) is 5.88. The maximum Gasteiger partial charge on any atom is 0.326 e. The number of amides is 1. The van der Waals surface area contributed by atoms with Crippen LogP contribution in [0.15, 0.2) is 47.3 Å². The lowest BCUT2D eigenvalue weighted by Crippen LogP contribution is -2.41. The Morgan fingerprint density at radius 2 is 1.85 bits per heavy atom. The van der Waals surface area contributed by atoms with Crippen molar-refractivity contribution in [3.05, 3.63) is 63.9 Å². The van der Waals surface area contributed by atoms with Crippen LogP contribution >= 0.6 is 0 Å². The van der Waals surface area contributed by atoms with Crippen LogP contribution in [-0.4, -0.2) is 58.2 Å². The number of rotatable bonds is 10. The fourth-order valence-corrected chi connectivity index (χ4v) is 3.36. The van der Waals surface area contributed by atoms with Crippen LogP contribution in [0.5, 0.6) is 6.01 Å². The summed E-state index contributed by atoms with van der Waals surface area (Å²) in [5.41, 5.74) is 2.13. The largest absolute Gasteiger partial charge is 0.481 e. The van der Waals surface area contributed by atoms with Crippen molar-refractivity contribution in [3.63, 3.8) is 0 Å². The van der Waals surface area contributed by atoms with Gasteiger partial charge in [0.25, 0.3) is 17.5 Å². The number of carboxylic acids is 2. The molecule has 0 aliphatic rings. The minimum absolute atomic E-state index is 0.142. The number of hydrogen-bond acceptors (Lipinski definition) is 7. The minimum Gasteiger partial charge on any atom is -0.481 e. The van der Waals surface area contributed by atoms with E-state index in [1.807, 2.05) is 18.0 Å². The highest BCUT2D eigenvalue weighted by molar-refractivity contribution is 5.97. The number of fused-ring (bicyclic) bond motifs is 1. The van der Waals surface area contributed by atoms with E-state index >= 15 is 0 Å². The lowest BCUT2D eigenvalue weighted by molar-refractivity contribution is -0.140. The van der Waals surface area contributed by atoms with E-state index in [1.165, 1.54) is 7.11 Å². The van der Waals surface area contributed by atoms with Crippen molar-refractivity contribution < 1.29 is 29.3 Å². The fourth-order valence-electron chi connectivity index (χ4n) is 3.36. The summed E-state index contributed by atoms with van der Waals surface area (Å²) in [6.45, 7) is 0.475. The number of carbonyl (C=O) groups is 3. The summed E-state index contributed by atoms with van der Waals surface area (Å²) in [5.74, 6) is -3.04. The van der Waals surface area contributed by atoms with E-state index in [2.05, 4.69) is 15.3 Å². The molecule has 0 saturated heterocycles. The number of carboxylic acid groups (broad SMARTS) is 2. The van der Waals surface area contributed by atoms with E-state index in [4.69, 9.17) is 9.84 Å². The molecule has 3 aromatic rings. The van der Waals surface area contributed by atoms with Crippen LogP contribution in [0.3, 0.4) is 0 Å². The van der Waals surface area contributed by atoms with E-state index in [0.29, 0.717) is 17.4 Å². The molecular weight excluding hydrogens is 444 g/mol. The van der Waals surface area contributed by atoms with Gasteiger partial charge in [0.2, 0.25) is 0 Å². The normalized spacial score (nSPS) is 11.6. The van der Waals surface area contributed by atoms with Gasteiger partial charge in [-0.15, -0.1) is 0 Å². The van der Waals surface area contributed by atoms with Crippen molar-refractivity contribution in [2.24, 2.45) is 0 Å². The Morgan fingerprint density at radius 1 is 1.15 bits per heavy atom. The Kier molecular flexibility index (Phi) is 7.46. The first-order valence-corrected chi connectivity index (χ1v) is 10.3. The number of hydrogen-bond donors (Lipinski definition) is 4. The average molecular weight is 468 g/mol. The van der Waals surface area contributed by atoms with E-state index in [1.54, 1.807) is 36.4 Å². The molecule has 11 nitrogen and oxygen atoms in total. The molecule has 0 spiro atoms. The zero-order valence-corrected chi connectivity index (χ0v) is 18.6. The number of aromatic nitrogens is 2. The predicted molar refractivity (Wildman–Crippen MR) is 123 cm³/mol. The summed E-state index contributed by atoms with van der Waals surface area (Å²) >= 11 is 0. The van der Waals surface area contributed by atoms with Gasteiger partial charge in [0.15, 0.2) is 0 Å². The lowest BCUT2D eigenvalue weighted by atomic mass is 10.1. The second kappa shape index (κ2) is 10.5. The van der Waals surface area contributed by atoms with Gasteiger partial charge in [-0.1, -0.05) is 6.07 Å². The van der Waals surface area contributed by atoms with Gasteiger partial charge in [-0.3, -0.25) is 19.4 Å². The van der Waals surface area contributed by atoms with Gasteiger partial charge >= 0.3 is 11.9 Å². The molecule has 0 saturated carbocycles. The second-order valence-corrected chi connectivity index (χ2v) is 7.63. The molecule has 34 heavy (non-hydrogen) atoms. The van der Waals surface area contributed by atoms with Crippen LogP contribution in [0.1, 0.15) is 28.8 Å². The van der Waals surface area contributed by atoms with Gasteiger partial charge in [0.1, 0.15) is 6.04 Å². The number of nitrogens with zero attached hydrogens (tertiary/aromatic N) is 2. The molecule has 0 aliphatic carbocycles. The number of aromatic amines is 1. The highest BCUT2D eigenvalue weighted by Gasteiger charge is 2.21. The summed E-state index contributed by atoms with van der Waals surface area (Å²) in [5, 5.41) is 20.7. The molecule has 0 aliphatic heterocycles.